The minimum Gasteiger partial charge on any atom is -0.508 e. The quantitative estimate of drug-likeness (QED) is 0.598. The van der Waals surface area contributed by atoms with E-state index in [0.717, 1.165) is 17.8 Å². The molecule has 0 amide bonds. The summed E-state index contributed by atoms with van der Waals surface area (Å²) in [4.78, 5) is 31.4. The number of nitrogens with zero attached hydrogens (tertiary/aromatic N) is 4. The van der Waals surface area contributed by atoms with Crippen molar-refractivity contribution < 1.29 is 14.6 Å². The second-order valence-corrected chi connectivity index (χ2v) is 8.43. The lowest BCUT2D eigenvalue weighted by Crippen LogP contribution is -2.39. The summed E-state index contributed by atoms with van der Waals surface area (Å²) >= 11 is 1.27. The molecule has 32 heavy (non-hydrogen) atoms. The van der Waals surface area contributed by atoms with E-state index in [1.54, 1.807) is 26.0 Å². The molecule has 1 aliphatic rings. The number of phenolic OH excluding ortho intramolecular Hbond substituents is 1. The lowest BCUT2D eigenvalue weighted by Gasteiger charge is -2.24. The normalized spacial score (nSPS) is 16.1. The summed E-state index contributed by atoms with van der Waals surface area (Å²) in [5, 5.41) is 14.2. The minimum atomic E-state index is -0.701. The highest BCUT2D eigenvalue weighted by Crippen LogP contribution is 2.31. The number of ether oxygens (including phenoxy) is 1. The Balaban J connectivity index is 1.95. The Morgan fingerprint density at radius 3 is 2.59 bits per heavy atom. The van der Waals surface area contributed by atoms with E-state index in [9.17, 15) is 14.7 Å². The van der Waals surface area contributed by atoms with Crippen molar-refractivity contribution in [2.45, 2.75) is 40.3 Å². The van der Waals surface area contributed by atoms with Crippen LogP contribution < -0.4 is 14.9 Å². The maximum atomic E-state index is 13.5. The first-order valence-electron chi connectivity index (χ1n) is 10.4. The highest BCUT2D eigenvalue weighted by atomic mass is 32.1. The number of hydrogen-bond donors (Lipinski definition) is 1. The first-order chi connectivity index (χ1) is 15.3. The van der Waals surface area contributed by atoms with Gasteiger partial charge >= 0.3 is 5.97 Å². The van der Waals surface area contributed by atoms with E-state index in [2.05, 4.69) is 10.1 Å². The van der Waals surface area contributed by atoms with E-state index < -0.39 is 12.0 Å². The summed E-state index contributed by atoms with van der Waals surface area (Å²) in [6.07, 6.45) is 3.72. The molecule has 1 aliphatic heterocycles. The monoisotopic (exact) mass is 452 g/mol. The second kappa shape index (κ2) is 8.58. The zero-order chi connectivity index (χ0) is 23.0. The maximum Gasteiger partial charge on any atom is 0.338 e. The molecule has 1 unspecified atom stereocenters. The Morgan fingerprint density at radius 2 is 1.97 bits per heavy atom. The van der Waals surface area contributed by atoms with E-state index in [1.165, 1.54) is 28.0 Å². The number of esters is 1. The summed E-state index contributed by atoms with van der Waals surface area (Å²) in [6.45, 7) is 8.32. The topological polar surface area (TPSA) is 98.7 Å². The number of aromatic hydroxyl groups is 1. The van der Waals surface area contributed by atoms with Gasteiger partial charge in [0.2, 0.25) is 0 Å². The number of hydrogen-bond acceptors (Lipinski definition) is 7. The van der Waals surface area contributed by atoms with E-state index in [-0.39, 0.29) is 17.9 Å². The van der Waals surface area contributed by atoms with Crippen molar-refractivity contribution in [2.75, 3.05) is 6.61 Å². The van der Waals surface area contributed by atoms with Gasteiger partial charge in [-0.05, 0) is 51.5 Å². The molecule has 0 radical (unpaired) electrons. The predicted molar refractivity (Wildman–Crippen MR) is 121 cm³/mol. The fraction of sp³-hybridized carbons (Fsp3) is 0.304. The molecule has 3 heterocycles. The van der Waals surface area contributed by atoms with E-state index in [1.807, 2.05) is 30.8 Å². The number of allylic oxidation sites excluding steroid dienone is 1. The zero-order valence-electron chi connectivity index (χ0n) is 18.3. The SMILES string of the molecule is CCOC(=O)C1=C(C)N=c2s/c(=C/c3cn(CC)nc3C)c(=O)n2C1c1ccc(O)cc1. The third kappa shape index (κ3) is 3.80. The lowest BCUT2D eigenvalue weighted by atomic mass is 9.96. The molecule has 3 aromatic rings. The Kier molecular flexibility index (Phi) is 5.84. The summed E-state index contributed by atoms with van der Waals surface area (Å²) in [6, 6.07) is 5.76. The molecular weight excluding hydrogens is 428 g/mol. The molecule has 1 atom stereocenters. The van der Waals surface area contributed by atoms with Crippen LogP contribution in [0, 0.1) is 6.92 Å². The predicted octanol–water partition coefficient (Wildman–Crippen LogP) is 2.03. The Morgan fingerprint density at radius 1 is 1.25 bits per heavy atom. The molecule has 166 valence electrons. The van der Waals surface area contributed by atoms with Gasteiger partial charge in [-0.2, -0.15) is 5.10 Å². The average molecular weight is 453 g/mol. The van der Waals surface area contributed by atoms with Crippen molar-refractivity contribution in [1.29, 1.82) is 0 Å². The molecule has 4 rings (SSSR count). The first-order valence-corrected chi connectivity index (χ1v) is 11.2. The van der Waals surface area contributed by atoms with Crippen LogP contribution in [0.25, 0.3) is 6.08 Å². The highest BCUT2D eigenvalue weighted by Gasteiger charge is 2.33. The number of aryl methyl sites for hydroxylation is 2. The van der Waals surface area contributed by atoms with E-state index in [4.69, 9.17) is 4.74 Å². The molecule has 0 saturated heterocycles. The smallest absolute Gasteiger partial charge is 0.338 e. The number of thiazole rings is 1. The van der Waals surface area contributed by atoms with Gasteiger partial charge in [0.15, 0.2) is 4.80 Å². The van der Waals surface area contributed by atoms with Crippen LogP contribution in [0.2, 0.25) is 0 Å². The van der Waals surface area contributed by atoms with Crippen molar-refractivity contribution in [1.82, 2.24) is 14.3 Å². The van der Waals surface area contributed by atoms with E-state index in [0.29, 0.717) is 26.2 Å². The highest BCUT2D eigenvalue weighted by molar-refractivity contribution is 7.07. The third-order valence-corrected chi connectivity index (χ3v) is 6.30. The number of benzene rings is 1. The Hall–Kier alpha value is -3.46. The van der Waals surface area contributed by atoms with Gasteiger partial charge in [-0.15, -0.1) is 0 Å². The number of fused-ring (bicyclic) bond motifs is 1. The van der Waals surface area contributed by atoms with Crippen LogP contribution in [0.15, 0.2) is 51.5 Å². The standard InChI is InChI=1S/C23H24N4O4S/c1-5-26-12-16(13(3)25-26)11-18-21(29)27-20(15-7-9-17(28)10-8-15)19(22(30)31-6-2)14(4)24-23(27)32-18/h7-12,20,28H,5-6H2,1-4H3/b18-11+. The molecule has 1 N–H and O–H groups in total. The van der Waals surface area contributed by atoms with Gasteiger partial charge in [-0.3, -0.25) is 14.0 Å². The Labute approximate surface area is 188 Å². The van der Waals surface area contributed by atoms with Crippen LogP contribution in [-0.2, 0) is 16.1 Å². The molecule has 1 aromatic carbocycles. The van der Waals surface area contributed by atoms with Crippen LogP contribution >= 0.6 is 11.3 Å². The molecule has 9 heteroatoms. The van der Waals surface area contributed by atoms with Gasteiger partial charge in [-0.25, -0.2) is 9.79 Å². The maximum absolute atomic E-state index is 13.5. The molecule has 0 aliphatic carbocycles. The summed E-state index contributed by atoms with van der Waals surface area (Å²) in [5.74, 6) is -0.413. The summed E-state index contributed by atoms with van der Waals surface area (Å²) in [5.41, 5.74) is 2.94. The van der Waals surface area contributed by atoms with Crippen LogP contribution in [0.3, 0.4) is 0 Å². The number of phenols is 1. The zero-order valence-corrected chi connectivity index (χ0v) is 19.1. The number of carbonyl (C=O) groups is 1. The van der Waals surface area contributed by atoms with Crippen molar-refractivity contribution in [3.63, 3.8) is 0 Å². The van der Waals surface area contributed by atoms with Crippen LogP contribution in [0.5, 0.6) is 5.75 Å². The fourth-order valence-electron chi connectivity index (χ4n) is 3.74. The fourth-order valence-corrected chi connectivity index (χ4v) is 4.78. The molecular formula is C23H24N4O4S. The summed E-state index contributed by atoms with van der Waals surface area (Å²) in [7, 11) is 0. The van der Waals surface area contributed by atoms with Crippen LogP contribution in [0.1, 0.15) is 43.6 Å². The Bertz CT molecular complexity index is 1390. The number of aromatic nitrogens is 3. The van der Waals surface area contributed by atoms with Gasteiger partial charge in [0.05, 0.1) is 34.1 Å². The van der Waals surface area contributed by atoms with Crippen molar-refractivity contribution in [2.24, 2.45) is 4.99 Å². The van der Waals surface area contributed by atoms with Crippen molar-refractivity contribution in [3.8, 4) is 5.75 Å². The van der Waals surface area contributed by atoms with Gasteiger partial charge in [-0.1, -0.05) is 23.5 Å². The van der Waals surface area contributed by atoms with Gasteiger partial charge in [0.25, 0.3) is 5.56 Å². The number of rotatable bonds is 5. The summed E-state index contributed by atoms with van der Waals surface area (Å²) < 4.78 is 9.13. The molecule has 8 nitrogen and oxygen atoms in total. The van der Waals surface area contributed by atoms with E-state index >= 15 is 0 Å². The second-order valence-electron chi connectivity index (χ2n) is 7.42. The first kappa shape index (κ1) is 21.8. The van der Waals surface area contributed by atoms with Gasteiger partial charge < -0.3 is 9.84 Å². The van der Waals surface area contributed by atoms with Gasteiger partial charge in [0, 0.05) is 18.3 Å². The molecule has 0 fully saturated rings. The molecule has 0 saturated carbocycles. The third-order valence-electron chi connectivity index (χ3n) is 5.32. The largest absolute Gasteiger partial charge is 0.508 e. The van der Waals surface area contributed by atoms with Crippen molar-refractivity contribution >= 4 is 23.4 Å². The lowest BCUT2D eigenvalue weighted by molar-refractivity contribution is -0.139. The molecule has 2 aromatic heterocycles. The van der Waals surface area contributed by atoms with Gasteiger partial charge in [0.1, 0.15) is 5.75 Å². The minimum absolute atomic E-state index is 0.1000. The van der Waals surface area contributed by atoms with Crippen molar-refractivity contribution in [3.05, 3.63) is 78.2 Å². The number of carbonyl (C=O) groups excluding carboxylic acids is 1. The molecule has 0 spiro atoms. The average Bonchev–Trinajstić information content (AvgIpc) is 3.27. The van der Waals surface area contributed by atoms with Crippen LogP contribution in [0.4, 0.5) is 0 Å². The molecule has 0 bridgehead atoms. The van der Waals surface area contributed by atoms with Crippen LogP contribution in [-0.4, -0.2) is 32.0 Å².